The molecule has 0 saturated carbocycles. The summed E-state index contributed by atoms with van der Waals surface area (Å²) in [6, 6.07) is 10.9. The molecule has 1 heterocycles. The Bertz CT molecular complexity index is 493. The van der Waals surface area contributed by atoms with Crippen LogP contribution in [-0.2, 0) is 6.42 Å². The summed E-state index contributed by atoms with van der Waals surface area (Å²) in [5.74, 6) is 0.587. The molecule has 1 N–H and O–H groups in total. The highest BCUT2D eigenvalue weighted by molar-refractivity contribution is 7.09. The Morgan fingerprint density at radius 2 is 2.05 bits per heavy atom. The molecular formula is C17H24N2S. The molecule has 0 fully saturated rings. The molecule has 0 aliphatic rings. The van der Waals surface area contributed by atoms with Crippen molar-refractivity contribution < 1.29 is 0 Å². The quantitative estimate of drug-likeness (QED) is 0.738. The fraction of sp³-hybridized carbons (Fsp3) is 0.471. The molecule has 0 saturated heterocycles. The van der Waals surface area contributed by atoms with Crippen molar-refractivity contribution in [3.05, 3.63) is 52.0 Å². The topological polar surface area (TPSA) is 24.9 Å². The van der Waals surface area contributed by atoms with E-state index in [4.69, 9.17) is 0 Å². The van der Waals surface area contributed by atoms with Gasteiger partial charge >= 0.3 is 0 Å². The third kappa shape index (κ3) is 4.43. The van der Waals surface area contributed by atoms with Gasteiger partial charge in [-0.15, -0.1) is 11.3 Å². The number of nitrogens with one attached hydrogen (secondary N) is 1. The second-order valence-corrected chi connectivity index (χ2v) is 6.15. The Hall–Kier alpha value is -1.19. The molecule has 2 aromatic rings. The first kappa shape index (κ1) is 15.2. The van der Waals surface area contributed by atoms with Crippen LogP contribution in [0.25, 0.3) is 0 Å². The summed E-state index contributed by atoms with van der Waals surface area (Å²) in [6.45, 7) is 6.49. The number of thiazole rings is 1. The molecule has 0 amide bonds. The normalized spacial score (nSPS) is 12.5. The van der Waals surface area contributed by atoms with E-state index in [0.29, 0.717) is 5.92 Å². The summed E-state index contributed by atoms with van der Waals surface area (Å²) in [6.07, 6.45) is 3.50. The molecule has 108 valence electrons. The van der Waals surface area contributed by atoms with Gasteiger partial charge in [0.25, 0.3) is 0 Å². The molecular weight excluding hydrogens is 264 g/mol. The minimum atomic E-state index is 0.587. The van der Waals surface area contributed by atoms with Gasteiger partial charge in [0.05, 0.1) is 11.2 Å². The second-order valence-electron chi connectivity index (χ2n) is 5.21. The van der Waals surface area contributed by atoms with Crippen LogP contribution in [0, 0.1) is 6.92 Å². The maximum Gasteiger partial charge on any atom is 0.0797 e. The van der Waals surface area contributed by atoms with Gasteiger partial charge in [-0.1, -0.05) is 37.3 Å². The van der Waals surface area contributed by atoms with Crippen molar-refractivity contribution in [3.63, 3.8) is 0 Å². The van der Waals surface area contributed by atoms with E-state index in [1.165, 1.54) is 29.0 Å². The van der Waals surface area contributed by atoms with Crippen LogP contribution in [0.4, 0.5) is 0 Å². The lowest BCUT2D eigenvalue weighted by Crippen LogP contribution is -2.22. The van der Waals surface area contributed by atoms with Crippen molar-refractivity contribution in [2.24, 2.45) is 0 Å². The molecule has 0 aliphatic carbocycles. The van der Waals surface area contributed by atoms with E-state index >= 15 is 0 Å². The maximum absolute atomic E-state index is 4.35. The Morgan fingerprint density at radius 1 is 1.25 bits per heavy atom. The lowest BCUT2D eigenvalue weighted by molar-refractivity contribution is 0.549. The zero-order chi connectivity index (χ0) is 14.2. The van der Waals surface area contributed by atoms with Gasteiger partial charge in [-0.25, -0.2) is 4.98 Å². The number of hydrogen-bond donors (Lipinski definition) is 1. The summed E-state index contributed by atoms with van der Waals surface area (Å²) in [7, 11) is 0. The van der Waals surface area contributed by atoms with Gasteiger partial charge in [0, 0.05) is 11.4 Å². The minimum absolute atomic E-state index is 0.587. The van der Waals surface area contributed by atoms with Crippen molar-refractivity contribution in [1.29, 1.82) is 0 Å². The van der Waals surface area contributed by atoms with Crippen LogP contribution in [0.15, 0.2) is 35.8 Å². The average Bonchev–Trinajstić information content (AvgIpc) is 2.89. The lowest BCUT2D eigenvalue weighted by atomic mass is 9.93. The van der Waals surface area contributed by atoms with E-state index < -0.39 is 0 Å². The second kappa shape index (κ2) is 8.18. The van der Waals surface area contributed by atoms with E-state index in [2.05, 4.69) is 54.5 Å². The fourth-order valence-electron chi connectivity index (χ4n) is 2.44. The van der Waals surface area contributed by atoms with Gasteiger partial charge in [0.2, 0.25) is 0 Å². The third-order valence-corrected chi connectivity index (χ3v) is 4.65. The van der Waals surface area contributed by atoms with Crippen LogP contribution in [0.2, 0.25) is 0 Å². The van der Waals surface area contributed by atoms with Gasteiger partial charge in [-0.05, 0) is 44.2 Å². The number of aromatic nitrogens is 1. The molecule has 0 bridgehead atoms. The Labute approximate surface area is 126 Å². The SMILES string of the molecule is CCCNCC(CCc1scnc1C)c1ccccc1. The van der Waals surface area contributed by atoms with Gasteiger partial charge in [0.1, 0.15) is 0 Å². The van der Waals surface area contributed by atoms with Crippen LogP contribution in [0.3, 0.4) is 0 Å². The molecule has 20 heavy (non-hydrogen) atoms. The van der Waals surface area contributed by atoms with Gasteiger partial charge in [-0.2, -0.15) is 0 Å². The number of rotatable bonds is 8. The number of hydrogen-bond acceptors (Lipinski definition) is 3. The predicted octanol–water partition coefficient (Wildman–Crippen LogP) is 4.17. The zero-order valence-corrected chi connectivity index (χ0v) is 13.2. The summed E-state index contributed by atoms with van der Waals surface area (Å²) in [4.78, 5) is 5.78. The van der Waals surface area contributed by atoms with Gasteiger partial charge in [0.15, 0.2) is 0 Å². The van der Waals surface area contributed by atoms with Crippen LogP contribution in [0.1, 0.15) is 41.8 Å². The predicted molar refractivity (Wildman–Crippen MR) is 87.5 cm³/mol. The van der Waals surface area contributed by atoms with E-state index in [1.54, 1.807) is 11.3 Å². The van der Waals surface area contributed by atoms with E-state index in [-0.39, 0.29) is 0 Å². The zero-order valence-electron chi connectivity index (χ0n) is 12.4. The maximum atomic E-state index is 4.35. The van der Waals surface area contributed by atoms with Gasteiger partial charge < -0.3 is 5.32 Å². The lowest BCUT2D eigenvalue weighted by Gasteiger charge is -2.18. The number of benzene rings is 1. The Morgan fingerprint density at radius 3 is 2.70 bits per heavy atom. The fourth-order valence-corrected chi connectivity index (χ4v) is 3.23. The largest absolute Gasteiger partial charge is 0.316 e. The van der Waals surface area contributed by atoms with E-state index in [0.717, 1.165) is 19.5 Å². The van der Waals surface area contributed by atoms with Gasteiger partial charge in [-0.3, -0.25) is 0 Å². The molecule has 1 atom stereocenters. The van der Waals surface area contributed by atoms with Crippen molar-refractivity contribution >= 4 is 11.3 Å². The number of aryl methyl sites for hydroxylation is 2. The van der Waals surface area contributed by atoms with Crippen molar-refractivity contribution in [2.45, 2.75) is 39.0 Å². The Balaban J connectivity index is 1.97. The minimum Gasteiger partial charge on any atom is -0.316 e. The van der Waals surface area contributed by atoms with Crippen molar-refractivity contribution in [3.8, 4) is 0 Å². The van der Waals surface area contributed by atoms with Crippen LogP contribution >= 0.6 is 11.3 Å². The molecule has 2 nitrogen and oxygen atoms in total. The molecule has 1 unspecified atom stereocenters. The molecule has 0 aliphatic heterocycles. The van der Waals surface area contributed by atoms with E-state index in [1.807, 2.05) is 5.51 Å². The van der Waals surface area contributed by atoms with E-state index in [9.17, 15) is 0 Å². The monoisotopic (exact) mass is 288 g/mol. The summed E-state index contributed by atoms with van der Waals surface area (Å²) in [5.41, 5.74) is 4.60. The highest BCUT2D eigenvalue weighted by atomic mass is 32.1. The Kier molecular flexibility index (Phi) is 6.22. The highest BCUT2D eigenvalue weighted by Gasteiger charge is 2.12. The first-order valence-corrected chi connectivity index (χ1v) is 8.33. The third-order valence-electron chi connectivity index (χ3n) is 3.65. The van der Waals surface area contributed by atoms with Crippen LogP contribution < -0.4 is 5.32 Å². The first-order valence-electron chi connectivity index (χ1n) is 7.46. The summed E-state index contributed by atoms with van der Waals surface area (Å²) >= 11 is 1.78. The summed E-state index contributed by atoms with van der Waals surface area (Å²) in [5, 5.41) is 3.57. The van der Waals surface area contributed by atoms with Crippen LogP contribution in [0.5, 0.6) is 0 Å². The first-order chi connectivity index (χ1) is 9.81. The van der Waals surface area contributed by atoms with Crippen LogP contribution in [-0.4, -0.2) is 18.1 Å². The summed E-state index contributed by atoms with van der Waals surface area (Å²) < 4.78 is 0. The molecule has 1 aromatic carbocycles. The molecule has 2 rings (SSSR count). The standard InChI is InChI=1S/C17H24N2S/c1-3-11-18-12-16(15-7-5-4-6-8-15)9-10-17-14(2)19-13-20-17/h4-8,13,16,18H,3,9-12H2,1-2H3. The molecule has 0 radical (unpaired) electrons. The smallest absolute Gasteiger partial charge is 0.0797 e. The highest BCUT2D eigenvalue weighted by Crippen LogP contribution is 2.23. The number of nitrogens with zero attached hydrogens (tertiary/aromatic N) is 1. The van der Waals surface area contributed by atoms with Crippen molar-refractivity contribution in [1.82, 2.24) is 10.3 Å². The van der Waals surface area contributed by atoms with Crippen molar-refractivity contribution in [2.75, 3.05) is 13.1 Å². The average molecular weight is 288 g/mol. The molecule has 1 aromatic heterocycles. The molecule has 3 heteroatoms. The molecule has 0 spiro atoms.